The zero-order valence-electron chi connectivity index (χ0n) is 12.2. The lowest BCUT2D eigenvalue weighted by Gasteiger charge is -2.11. The van der Waals surface area contributed by atoms with Gasteiger partial charge in [-0.2, -0.15) is 0 Å². The van der Waals surface area contributed by atoms with Crippen molar-refractivity contribution in [2.45, 2.75) is 39.7 Å². The molecule has 0 aliphatic carbocycles. The smallest absolute Gasteiger partial charge is 0.374 e. The van der Waals surface area contributed by atoms with Crippen LogP contribution in [-0.4, -0.2) is 14.1 Å². The quantitative estimate of drug-likeness (QED) is 0.603. The normalized spacial score (nSPS) is 13.0. The lowest BCUT2D eigenvalue weighted by molar-refractivity contribution is -0.386. The molecule has 0 radical (unpaired) electrons. The topological polar surface area (TPSA) is 113 Å². The fourth-order valence-electron chi connectivity index (χ4n) is 1.56. The van der Waals surface area contributed by atoms with Crippen LogP contribution in [0.25, 0.3) is 0 Å². The summed E-state index contributed by atoms with van der Waals surface area (Å²) in [4.78, 5) is 34.1. The van der Waals surface area contributed by atoms with E-state index in [1.54, 1.807) is 6.92 Å². The second kappa shape index (κ2) is 5.48. The van der Waals surface area contributed by atoms with Gasteiger partial charge >= 0.3 is 16.9 Å². The zero-order valence-corrected chi connectivity index (χ0v) is 10.2. The third kappa shape index (κ3) is 2.27. The predicted molar refractivity (Wildman–Crippen MR) is 66.6 cm³/mol. The first-order valence-corrected chi connectivity index (χ1v) is 5.49. The Morgan fingerprint density at radius 2 is 1.94 bits per heavy atom. The van der Waals surface area contributed by atoms with E-state index in [1.165, 1.54) is 6.92 Å². The molecule has 1 heterocycles. The summed E-state index contributed by atoms with van der Waals surface area (Å²) in [7, 11) is 0. The summed E-state index contributed by atoms with van der Waals surface area (Å²) >= 11 is 0. The molecule has 0 amide bonds. The minimum atomic E-state index is -2.32. The van der Waals surface area contributed by atoms with E-state index < -0.39 is 34.2 Å². The summed E-state index contributed by atoms with van der Waals surface area (Å²) in [6, 6.07) is 0. The molecule has 1 aromatic rings. The number of nitrogens with zero attached hydrogens (tertiary/aromatic N) is 3. The highest BCUT2D eigenvalue weighted by Gasteiger charge is 2.25. The summed E-state index contributed by atoms with van der Waals surface area (Å²) < 4.78 is 16.5. The second-order valence-corrected chi connectivity index (χ2v) is 3.58. The summed E-state index contributed by atoms with van der Waals surface area (Å²) in [6.07, 6.45) is 0.268. The van der Waals surface area contributed by atoms with Crippen molar-refractivity contribution in [3.63, 3.8) is 0 Å². The van der Waals surface area contributed by atoms with Gasteiger partial charge in [0.05, 0.1) is 7.66 Å². The Hall–Kier alpha value is -2.12. The van der Waals surface area contributed by atoms with Gasteiger partial charge in [0.25, 0.3) is 0 Å². The first kappa shape index (κ1) is 11.0. The van der Waals surface area contributed by atoms with E-state index >= 15 is 0 Å². The molecule has 1 aromatic heterocycles. The maximum Gasteiger partial charge on any atom is 0.374 e. The van der Waals surface area contributed by atoms with Crippen LogP contribution in [0.3, 0.4) is 0 Å². The molecule has 2 N–H and O–H groups in total. The van der Waals surface area contributed by atoms with Crippen molar-refractivity contribution < 1.29 is 7.66 Å². The van der Waals surface area contributed by atoms with Gasteiger partial charge < -0.3 is 5.73 Å². The number of hydrogen-bond acceptors (Lipinski definition) is 5. The molecule has 0 saturated heterocycles. The van der Waals surface area contributed by atoms with Crippen LogP contribution in [0.4, 0.5) is 11.5 Å². The van der Waals surface area contributed by atoms with E-state index in [1.807, 2.05) is 0 Å². The third-order valence-electron chi connectivity index (χ3n) is 2.31. The van der Waals surface area contributed by atoms with Crippen LogP contribution in [0.1, 0.15) is 29.4 Å². The van der Waals surface area contributed by atoms with Gasteiger partial charge in [-0.25, -0.2) is 4.79 Å². The Balaban J connectivity index is 3.91. The SMILES string of the molecule is [2H]C([2H])(CC)n1c(=O)c([N+](=O)[O-])c(N)n(CCC)c1=O. The Labute approximate surface area is 106 Å². The van der Waals surface area contributed by atoms with Crippen molar-refractivity contribution in [3.05, 3.63) is 31.0 Å². The molecule has 0 aliphatic heterocycles. The number of nitro groups is 1. The molecule has 0 bridgehead atoms. The number of anilines is 1. The monoisotopic (exact) mass is 258 g/mol. The van der Waals surface area contributed by atoms with Crippen LogP contribution in [0.5, 0.6) is 0 Å². The van der Waals surface area contributed by atoms with Crippen molar-refractivity contribution in [1.82, 2.24) is 9.13 Å². The molecule has 0 unspecified atom stereocenters. The first-order chi connectivity index (χ1) is 9.18. The second-order valence-electron chi connectivity index (χ2n) is 3.58. The van der Waals surface area contributed by atoms with Crippen molar-refractivity contribution in [3.8, 4) is 0 Å². The summed E-state index contributed by atoms with van der Waals surface area (Å²) in [5.74, 6) is -0.546. The summed E-state index contributed by atoms with van der Waals surface area (Å²) in [5, 5.41) is 11.0. The molecule has 0 spiro atoms. The van der Waals surface area contributed by atoms with E-state index in [2.05, 4.69) is 0 Å². The fraction of sp³-hybridized carbons (Fsp3) is 0.600. The van der Waals surface area contributed by atoms with Crippen molar-refractivity contribution in [1.29, 1.82) is 0 Å². The van der Waals surface area contributed by atoms with Gasteiger partial charge in [0.1, 0.15) is 0 Å². The van der Waals surface area contributed by atoms with Gasteiger partial charge in [0.15, 0.2) is 5.82 Å². The van der Waals surface area contributed by atoms with E-state index in [-0.39, 0.29) is 17.5 Å². The van der Waals surface area contributed by atoms with Gasteiger partial charge in [-0.3, -0.25) is 24.0 Å². The molecule has 18 heavy (non-hydrogen) atoms. The fourth-order valence-corrected chi connectivity index (χ4v) is 1.56. The van der Waals surface area contributed by atoms with Gasteiger partial charge in [0.2, 0.25) is 0 Å². The van der Waals surface area contributed by atoms with Gasteiger partial charge in [-0.1, -0.05) is 13.8 Å². The van der Waals surface area contributed by atoms with Crippen molar-refractivity contribution >= 4 is 11.5 Å². The van der Waals surface area contributed by atoms with Gasteiger partial charge in [0, 0.05) is 13.0 Å². The number of aromatic nitrogens is 2. The maximum atomic E-state index is 12.2. The van der Waals surface area contributed by atoms with E-state index in [4.69, 9.17) is 8.48 Å². The van der Waals surface area contributed by atoms with Gasteiger partial charge in [-0.15, -0.1) is 0 Å². The molecule has 0 fully saturated rings. The summed E-state index contributed by atoms with van der Waals surface area (Å²) in [5.41, 5.74) is 2.23. The molecule has 0 atom stereocenters. The lowest BCUT2D eigenvalue weighted by Crippen LogP contribution is -2.42. The number of rotatable bonds is 5. The summed E-state index contributed by atoms with van der Waals surface area (Å²) in [6.45, 7) is 0.896. The van der Waals surface area contributed by atoms with Crippen LogP contribution in [0.2, 0.25) is 0 Å². The Morgan fingerprint density at radius 1 is 1.33 bits per heavy atom. The molecule has 100 valence electrons. The molecular weight excluding hydrogens is 240 g/mol. The highest BCUT2D eigenvalue weighted by atomic mass is 16.6. The Bertz CT molecular complexity index is 650. The maximum absolute atomic E-state index is 12.2. The number of nitrogen functional groups attached to an aromatic ring is 1. The van der Waals surface area contributed by atoms with Crippen molar-refractivity contribution in [2.24, 2.45) is 0 Å². The van der Waals surface area contributed by atoms with Crippen LogP contribution in [0.15, 0.2) is 9.59 Å². The van der Waals surface area contributed by atoms with Crippen LogP contribution < -0.4 is 17.0 Å². The number of hydrogen-bond donors (Lipinski definition) is 1. The molecule has 8 heteroatoms. The van der Waals surface area contributed by atoms with E-state index in [9.17, 15) is 19.7 Å². The minimum absolute atomic E-state index is 0.0611. The van der Waals surface area contributed by atoms with Crippen LogP contribution in [0, 0.1) is 10.1 Å². The molecular formula is C10H16N4O4. The lowest BCUT2D eigenvalue weighted by atomic mass is 10.4. The van der Waals surface area contributed by atoms with Crippen LogP contribution in [-0.2, 0) is 13.0 Å². The average Bonchev–Trinajstić information content (AvgIpc) is 2.33. The highest BCUT2D eigenvalue weighted by molar-refractivity contribution is 5.50. The third-order valence-corrected chi connectivity index (χ3v) is 2.31. The average molecular weight is 258 g/mol. The molecule has 0 aromatic carbocycles. The molecule has 0 saturated carbocycles. The number of nitrogens with two attached hydrogens (primary N) is 1. The van der Waals surface area contributed by atoms with Gasteiger partial charge in [-0.05, 0) is 12.8 Å². The Kier molecular flexibility index (Phi) is 3.35. The van der Waals surface area contributed by atoms with Crippen LogP contribution >= 0.6 is 0 Å². The molecule has 0 aliphatic rings. The van der Waals surface area contributed by atoms with E-state index in [0.29, 0.717) is 6.42 Å². The largest absolute Gasteiger partial charge is 0.379 e. The molecule has 1 rings (SSSR count). The Morgan fingerprint density at radius 3 is 2.39 bits per heavy atom. The highest BCUT2D eigenvalue weighted by Crippen LogP contribution is 2.13. The standard InChI is InChI=1S/C10H16N4O4/c1-3-5-12-8(11)7(14(17)18)9(15)13(6-4-2)10(12)16/h3-6,11H2,1-2H3/i6D2. The van der Waals surface area contributed by atoms with E-state index in [0.717, 1.165) is 4.57 Å². The van der Waals surface area contributed by atoms with Crippen molar-refractivity contribution in [2.75, 3.05) is 5.73 Å². The minimum Gasteiger partial charge on any atom is -0.379 e. The molecule has 8 nitrogen and oxygen atoms in total. The zero-order chi connectivity index (χ0) is 15.7. The predicted octanol–water partition coefficient (Wildman–Crippen LogP) is 0.320. The first-order valence-electron chi connectivity index (χ1n) is 6.49.